The first kappa shape index (κ1) is 15.0. The number of nitrogens with zero attached hydrogens (tertiary/aromatic N) is 4. The number of carbonyl (C=O) groups excluding carboxylic acids is 1. The Labute approximate surface area is 131 Å². The van der Waals surface area contributed by atoms with Crippen LogP contribution >= 0.6 is 0 Å². The number of amides is 1. The molecular weight excluding hydrogens is 298 g/mol. The summed E-state index contributed by atoms with van der Waals surface area (Å²) < 4.78 is 8.47. The van der Waals surface area contributed by atoms with E-state index in [1.807, 2.05) is 13.8 Å². The van der Waals surface area contributed by atoms with Gasteiger partial charge in [0.2, 0.25) is 5.71 Å². The van der Waals surface area contributed by atoms with Crippen LogP contribution in [-0.2, 0) is 7.05 Å². The molecule has 0 aliphatic rings. The SMILES string of the molecule is Cc1oc2ncn(C)c(=O)c2c1C(=O)Nc1cnn(C(C)C)c1. The number of anilines is 1. The van der Waals surface area contributed by atoms with E-state index in [4.69, 9.17) is 4.42 Å². The molecule has 0 aromatic carbocycles. The fraction of sp³-hybridized carbons (Fsp3) is 0.333. The van der Waals surface area contributed by atoms with Gasteiger partial charge in [-0.1, -0.05) is 0 Å². The molecule has 0 saturated heterocycles. The number of aromatic nitrogens is 4. The Balaban J connectivity index is 2.02. The number of rotatable bonds is 3. The maximum Gasteiger partial charge on any atom is 0.265 e. The van der Waals surface area contributed by atoms with Gasteiger partial charge in [0.15, 0.2) is 0 Å². The molecule has 0 fully saturated rings. The molecule has 1 N–H and O–H groups in total. The van der Waals surface area contributed by atoms with E-state index in [1.165, 1.54) is 10.9 Å². The van der Waals surface area contributed by atoms with E-state index in [2.05, 4.69) is 15.4 Å². The molecule has 0 saturated carbocycles. The highest BCUT2D eigenvalue weighted by Gasteiger charge is 2.22. The number of hydrogen-bond acceptors (Lipinski definition) is 5. The second kappa shape index (κ2) is 5.38. The summed E-state index contributed by atoms with van der Waals surface area (Å²) in [6, 6.07) is 0.189. The number of nitrogens with one attached hydrogen (secondary N) is 1. The maximum absolute atomic E-state index is 12.6. The van der Waals surface area contributed by atoms with Crippen molar-refractivity contribution in [3.8, 4) is 0 Å². The number of fused-ring (bicyclic) bond motifs is 1. The first-order valence-corrected chi connectivity index (χ1v) is 7.18. The number of hydrogen-bond donors (Lipinski definition) is 1. The third-order valence-corrected chi connectivity index (χ3v) is 3.56. The van der Waals surface area contributed by atoms with Gasteiger partial charge in [0.05, 0.1) is 17.4 Å². The van der Waals surface area contributed by atoms with Gasteiger partial charge in [-0.15, -0.1) is 0 Å². The van der Waals surface area contributed by atoms with Gasteiger partial charge in [-0.3, -0.25) is 14.3 Å². The lowest BCUT2D eigenvalue weighted by Gasteiger charge is -2.04. The zero-order valence-corrected chi connectivity index (χ0v) is 13.3. The third kappa shape index (κ3) is 2.52. The molecule has 0 bridgehead atoms. The summed E-state index contributed by atoms with van der Waals surface area (Å²) in [5, 5.41) is 7.09. The topological polar surface area (TPSA) is 94.9 Å². The number of furan rings is 1. The van der Waals surface area contributed by atoms with Crippen LogP contribution < -0.4 is 10.9 Å². The molecule has 0 aliphatic heterocycles. The molecule has 120 valence electrons. The van der Waals surface area contributed by atoms with Crippen LogP contribution in [0, 0.1) is 6.92 Å². The van der Waals surface area contributed by atoms with E-state index in [0.29, 0.717) is 11.4 Å². The average Bonchev–Trinajstić information content (AvgIpc) is 3.07. The minimum Gasteiger partial charge on any atom is -0.442 e. The van der Waals surface area contributed by atoms with Crippen LogP contribution in [0.1, 0.15) is 36.0 Å². The molecule has 0 unspecified atom stereocenters. The highest BCUT2D eigenvalue weighted by Crippen LogP contribution is 2.22. The quantitative estimate of drug-likeness (QED) is 0.796. The molecule has 3 rings (SSSR count). The Morgan fingerprint density at radius 3 is 2.78 bits per heavy atom. The zero-order chi connectivity index (χ0) is 16.7. The van der Waals surface area contributed by atoms with Crippen LogP contribution in [-0.4, -0.2) is 25.2 Å². The van der Waals surface area contributed by atoms with E-state index in [1.54, 1.807) is 31.0 Å². The normalized spacial score (nSPS) is 11.3. The molecule has 1 amide bonds. The van der Waals surface area contributed by atoms with E-state index >= 15 is 0 Å². The Morgan fingerprint density at radius 1 is 1.39 bits per heavy atom. The van der Waals surface area contributed by atoms with Crippen molar-refractivity contribution in [2.24, 2.45) is 7.05 Å². The average molecular weight is 315 g/mol. The summed E-state index contributed by atoms with van der Waals surface area (Å²) in [6.07, 6.45) is 4.66. The second-order valence-corrected chi connectivity index (χ2v) is 5.63. The standard InChI is InChI=1S/C15H17N5O3/c1-8(2)20-6-10(5-17-20)18-13(21)11-9(3)23-14-12(11)15(22)19(4)7-16-14/h5-8H,1-4H3,(H,18,21). The molecule has 8 nitrogen and oxygen atoms in total. The van der Waals surface area contributed by atoms with E-state index in [9.17, 15) is 9.59 Å². The third-order valence-electron chi connectivity index (χ3n) is 3.56. The van der Waals surface area contributed by atoms with Gasteiger partial charge in [-0.05, 0) is 20.8 Å². The lowest BCUT2D eigenvalue weighted by Crippen LogP contribution is -2.20. The molecule has 0 radical (unpaired) electrons. The summed E-state index contributed by atoms with van der Waals surface area (Å²) in [4.78, 5) is 28.9. The van der Waals surface area contributed by atoms with Crippen molar-refractivity contribution < 1.29 is 9.21 Å². The lowest BCUT2D eigenvalue weighted by atomic mass is 10.2. The van der Waals surface area contributed by atoms with Crippen molar-refractivity contribution in [3.05, 3.63) is 40.4 Å². The minimum absolute atomic E-state index is 0.161. The van der Waals surface area contributed by atoms with Crippen LogP contribution in [0.3, 0.4) is 0 Å². The molecule has 23 heavy (non-hydrogen) atoms. The van der Waals surface area contributed by atoms with Crippen LogP contribution in [0.25, 0.3) is 11.1 Å². The predicted molar refractivity (Wildman–Crippen MR) is 84.6 cm³/mol. The Hall–Kier alpha value is -2.90. The van der Waals surface area contributed by atoms with Gasteiger partial charge in [0.25, 0.3) is 11.5 Å². The zero-order valence-electron chi connectivity index (χ0n) is 13.3. The van der Waals surface area contributed by atoms with Gasteiger partial charge in [0.1, 0.15) is 17.5 Å². The molecule has 0 atom stereocenters. The molecule has 3 aromatic rings. The summed E-state index contributed by atoms with van der Waals surface area (Å²) in [5.41, 5.74) is 0.590. The smallest absolute Gasteiger partial charge is 0.265 e. The molecule has 3 heterocycles. The fourth-order valence-corrected chi connectivity index (χ4v) is 2.34. The molecule has 3 aromatic heterocycles. The van der Waals surface area contributed by atoms with E-state index in [0.717, 1.165) is 0 Å². The highest BCUT2D eigenvalue weighted by molar-refractivity contribution is 6.12. The largest absolute Gasteiger partial charge is 0.442 e. The summed E-state index contributed by atoms with van der Waals surface area (Å²) in [5.74, 6) is -0.0702. The first-order valence-electron chi connectivity index (χ1n) is 7.18. The van der Waals surface area contributed by atoms with Gasteiger partial charge < -0.3 is 14.3 Å². The highest BCUT2D eigenvalue weighted by atomic mass is 16.3. The van der Waals surface area contributed by atoms with Gasteiger partial charge >= 0.3 is 0 Å². The number of aryl methyl sites for hydroxylation is 2. The van der Waals surface area contributed by atoms with Crippen molar-refractivity contribution >= 4 is 22.7 Å². The maximum atomic E-state index is 12.6. The van der Waals surface area contributed by atoms with Crippen molar-refractivity contribution in [1.29, 1.82) is 0 Å². The van der Waals surface area contributed by atoms with Crippen molar-refractivity contribution in [2.45, 2.75) is 26.8 Å². The second-order valence-electron chi connectivity index (χ2n) is 5.63. The Morgan fingerprint density at radius 2 is 2.13 bits per heavy atom. The van der Waals surface area contributed by atoms with Crippen molar-refractivity contribution in [2.75, 3.05) is 5.32 Å². The van der Waals surface area contributed by atoms with Gasteiger partial charge in [-0.25, -0.2) is 4.98 Å². The minimum atomic E-state index is -0.422. The van der Waals surface area contributed by atoms with Crippen molar-refractivity contribution in [3.63, 3.8) is 0 Å². The van der Waals surface area contributed by atoms with Crippen LogP contribution in [0.5, 0.6) is 0 Å². The van der Waals surface area contributed by atoms with Gasteiger partial charge in [-0.2, -0.15) is 5.10 Å². The van der Waals surface area contributed by atoms with E-state index in [-0.39, 0.29) is 28.3 Å². The summed E-state index contributed by atoms with van der Waals surface area (Å²) in [6.45, 7) is 5.61. The van der Waals surface area contributed by atoms with E-state index < -0.39 is 5.91 Å². The Kier molecular flexibility index (Phi) is 3.51. The molecule has 0 spiro atoms. The molecule has 0 aliphatic carbocycles. The predicted octanol–water partition coefficient (Wildman–Crippen LogP) is 1.86. The van der Waals surface area contributed by atoms with Crippen LogP contribution in [0.15, 0.2) is 27.9 Å². The van der Waals surface area contributed by atoms with Gasteiger partial charge in [0, 0.05) is 19.3 Å². The van der Waals surface area contributed by atoms with Crippen LogP contribution in [0.2, 0.25) is 0 Å². The lowest BCUT2D eigenvalue weighted by molar-refractivity contribution is 0.102. The summed E-state index contributed by atoms with van der Waals surface area (Å²) >= 11 is 0. The molecule has 8 heteroatoms. The Bertz CT molecular complexity index is 948. The monoisotopic (exact) mass is 315 g/mol. The number of carbonyl (C=O) groups is 1. The van der Waals surface area contributed by atoms with Crippen molar-refractivity contribution in [1.82, 2.24) is 19.3 Å². The first-order chi connectivity index (χ1) is 10.9. The molecular formula is C15H17N5O3. The fourth-order valence-electron chi connectivity index (χ4n) is 2.34. The van der Waals surface area contributed by atoms with Crippen LogP contribution in [0.4, 0.5) is 5.69 Å². The summed E-state index contributed by atoms with van der Waals surface area (Å²) in [7, 11) is 1.57.